The lowest BCUT2D eigenvalue weighted by molar-refractivity contribution is -0.276. The van der Waals surface area contributed by atoms with Gasteiger partial charge in [0.15, 0.2) is 6.29 Å². The second-order valence-electron chi connectivity index (χ2n) is 10.7. The molecule has 0 aliphatic carbocycles. The molecule has 0 unspecified atom stereocenters. The number of pyridine rings is 1. The molecule has 0 radical (unpaired) electrons. The molecule has 1 amide bonds. The molecule has 2 N–H and O–H groups in total. The molecule has 1 aliphatic heterocycles. The molecule has 0 saturated carbocycles. The van der Waals surface area contributed by atoms with E-state index in [1.807, 2.05) is 54.6 Å². The van der Waals surface area contributed by atoms with Crippen molar-refractivity contribution in [2.45, 2.75) is 45.0 Å². The number of likely N-dealkylation sites (N-methyl/N-ethyl adjacent to an activating group) is 1. The van der Waals surface area contributed by atoms with Crippen molar-refractivity contribution in [3.05, 3.63) is 131 Å². The van der Waals surface area contributed by atoms with Gasteiger partial charge >= 0.3 is 0 Å². The van der Waals surface area contributed by atoms with Gasteiger partial charge in [-0.1, -0.05) is 73.7 Å². The number of hydrogen-bond acceptors (Lipinski definition) is 6. The first kappa shape index (κ1) is 28.6. The molecular formula is C34H37N3O4. The molecular weight excluding hydrogens is 514 g/mol. The van der Waals surface area contributed by atoms with E-state index in [2.05, 4.69) is 60.4 Å². The third-order valence-electron chi connectivity index (χ3n) is 7.87. The van der Waals surface area contributed by atoms with Crippen LogP contribution in [0.4, 0.5) is 5.69 Å². The number of hydrogen-bond donors (Lipinski definition) is 2. The number of aliphatic hydroxyl groups excluding tert-OH is 1. The highest BCUT2D eigenvalue weighted by Crippen LogP contribution is 2.42. The van der Waals surface area contributed by atoms with Crippen molar-refractivity contribution >= 4 is 11.6 Å². The van der Waals surface area contributed by atoms with Gasteiger partial charge < -0.3 is 19.9 Å². The Morgan fingerprint density at radius 2 is 1.76 bits per heavy atom. The normalized spacial score (nSPS) is 21.4. The monoisotopic (exact) mass is 551 g/mol. The Kier molecular flexibility index (Phi) is 9.21. The van der Waals surface area contributed by atoms with Crippen molar-refractivity contribution in [2.24, 2.45) is 5.92 Å². The van der Waals surface area contributed by atoms with Crippen LogP contribution in [0.25, 0.3) is 0 Å². The average molecular weight is 552 g/mol. The Labute approximate surface area is 241 Å². The number of nitrogens with one attached hydrogen (secondary N) is 1. The number of nitrogens with zero attached hydrogens (tertiary/aromatic N) is 2. The van der Waals surface area contributed by atoms with Crippen LogP contribution in [0.5, 0.6) is 0 Å². The zero-order chi connectivity index (χ0) is 28.8. The maximum atomic E-state index is 12.8. The van der Waals surface area contributed by atoms with Gasteiger partial charge in [0.05, 0.1) is 24.4 Å². The number of carbonyl (C=O) groups is 1. The lowest BCUT2D eigenvalue weighted by Crippen LogP contribution is -2.44. The summed E-state index contributed by atoms with van der Waals surface area (Å²) in [5, 5.41) is 12.5. The molecule has 1 fully saturated rings. The molecule has 5 rings (SSSR count). The summed E-state index contributed by atoms with van der Waals surface area (Å²) in [6, 6.07) is 29.6. The van der Waals surface area contributed by atoms with Crippen LogP contribution in [-0.4, -0.2) is 40.6 Å². The van der Waals surface area contributed by atoms with Crippen molar-refractivity contribution in [3.8, 4) is 0 Å². The van der Waals surface area contributed by atoms with Gasteiger partial charge in [0.2, 0.25) is 0 Å². The highest BCUT2D eigenvalue weighted by molar-refractivity contribution is 6.04. The minimum atomic E-state index is -0.630. The van der Waals surface area contributed by atoms with Crippen LogP contribution in [0.15, 0.2) is 103 Å². The van der Waals surface area contributed by atoms with Crippen LogP contribution in [0.2, 0.25) is 0 Å². The Bertz CT molecular complexity index is 1420. The van der Waals surface area contributed by atoms with E-state index in [-0.39, 0.29) is 36.7 Å². The second kappa shape index (κ2) is 13.2. The third kappa shape index (κ3) is 6.89. The number of amides is 1. The quantitative estimate of drug-likeness (QED) is 0.254. The summed E-state index contributed by atoms with van der Waals surface area (Å²) in [5.41, 5.74) is 5.10. The summed E-state index contributed by atoms with van der Waals surface area (Å²) in [7, 11) is 2.12. The molecule has 1 aromatic heterocycles. The molecule has 7 nitrogen and oxygen atoms in total. The van der Waals surface area contributed by atoms with Crippen molar-refractivity contribution in [2.75, 3.05) is 18.9 Å². The standard InChI is InChI=1S/C34H37N3O4/c1-23-31(21-37(3)24(2)26-9-5-4-6-10-26)40-34(41-32(23)27-16-14-25(22-38)15-17-27)28-11-7-13-30(19-28)36-33(39)29-12-8-18-35-20-29/h4-20,23-24,31-32,34,38H,21-22H2,1-3H3,(H,36,39)/t23-,24-,31+,32+,34+/m0/s1. The van der Waals surface area contributed by atoms with Crippen molar-refractivity contribution in [1.82, 2.24) is 9.88 Å². The van der Waals surface area contributed by atoms with Gasteiger partial charge in [0.25, 0.3) is 5.91 Å². The van der Waals surface area contributed by atoms with Gasteiger partial charge in [-0.25, -0.2) is 0 Å². The Morgan fingerprint density at radius 1 is 0.976 bits per heavy atom. The summed E-state index contributed by atoms with van der Waals surface area (Å²) in [5.74, 6) is -0.171. The summed E-state index contributed by atoms with van der Waals surface area (Å²) in [6.07, 6.45) is 2.20. The van der Waals surface area contributed by atoms with Gasteiger partial charge in [-0.05, 0) is 54.9 Å². The zero-order valence-corrected chi connectivity index (χ0v) is 23.7. The fourth-order valence-electron chi connectivity index (χ4n) is 5.22. The first-order valence-electron chi connectivity index (χ1n) is 14.0. The molecule has 212 valence electrons. The van der Waals surface area contributed by atoms with Crippen LogP contribution in [0, 0.1) is 5.92 Å². The molecule has 2 heterocycles. The van der Waals surface area contributed by atoms with E-state index in [1.54, 1.807) is 18.3 Å². The van der Waals surface area contributed by atoms with E-state index in [0.29, 0.717) is 17.8 Å². The smallest absolute Gasteiger partial charge is 0.257 e. The molecule has 1 saturated heterocycles. The molecule has 0 spiro atoms. The lowest BCUT2D eigenvalue weighted by atomic mass is 9.89. The summed E-state index contributed by atoms with van der Waals surface area (Å²) in [4.78, 5) is 19.1. The Morgan fingerprint density at radius 3 is 2.46 bits per heavy atom. The van der Waals surface area contributed by atoms with Crippen molar-refractivity contribution in [1.29, 1.82) is 0 Å². The number of ether oxygens (including phenoxy) is 2. The largest absolute Gasteiger partial charge is 0.392 e. The molecule has 7 heteroatoms. The number of aromatic nitrogens is 1. The number of aliphatic hydroxyl groups is 1. The minimum Gasteiger partial charge on any atom is -0.392 e. The molecule has 5 atom stereocenters. The van der Waals surface area contributed by atoms with E-state index >= 15 is 0 Å². The van der Waals surface area contributed by atoms with E-state index < -0.39 is 6.29 Å². The Balaban J connectivity index is 1.39. The minimum absolute atomic E-state index is 0.00452. The van der Waals surface area contributed by atoms with Crippen molar-refractivity contribution in [3.63, 3.8) is 0 Å². The molecule has 41 heavy (non-hydrogen) atoms. The van der Waals surface area contributed by atoms with Crippen LogP contribution in [-0.2, 0) is 16.1 Å². The predicted octanol–water partition coefficient (Wildman–Crippen LogP) is 6.31. The fraction of sp³-hybridized carbons (Fsp3) is 0.294. The topological polar surface area (TPSA) is 83.9 Å². The molecule has 4 aromatic rings. The molecule has 3 aromatic carbocycles. The SMILES string of the molecule is C[C@H]1[C@@H](CN(C)[C@@H](C)c2ccccc2)O[C@@H](c2cccc(NC(=O)c3cccnc3)c2)O[C@H]1c1ccc(CO)cc1. The van der Waals surface area contributed by atoms with Gasteiger partial charge in [-0.15, -0.1) is 0 Å². The number of carbonyl (C=O) groups excluding carboxylic acids is 1. The van der Waals surface area contributed by atoms with E-state index in [1.165, 1.54) is 11.8 Å². The number of rotatable bonds is 9. The van der Waals surface area contributed by atoms with Crippen LogP contribution >= 0.6 is 0 Å². The number of anilines is 1. The van der Waals surface area contributed by atoms with Gasteiger partial charge in [0.1, 0.15) is 0 Å². The summed E-state index contributed by atoms with van der Waals surface area (Å²) >= 11 is 0. The maximum Gasteiger partial charge on any atom is 0.257 e. The van der Waals surface area contributed by atoms with Crippen LogP contribution < -0.4 is 5.32 Å². The summed E-state index contributed by atoms with van der Waals surface area (Å²) in [6.45, 7) is 5.07. The highest BCUT2D eigenvalue weighted by Gasteiger charge is 2.39. The first-order chi connectivity index (χ1) is 19.9. The zero-order valence-electron chi connectivity index (χ0n) is 23.7. The molecule has 0 bridgehead atoms. The highest BCUT2D eigenvalue weighted by atomic mass is 16.7. The van der Waals surface area contributed by atoms with E-state index in [0.717, 1.165) is 16.7 Å². The third-order valence-corrected chi connectivity index (χ3v) is 7.87. The first-order valence-corrected chi connectivity index (χ1v) is 14.0. The van der Waals surface area contributed by atoms with Gasteiger partial charge in [-0.2, -0.15) is 0 Å². The van der Waals surface area contributed by atoms with E-state index in [9.17, 15) is 9.90 Å². The van der Waals surface area contributed by atoms with Crippen LogP contribution in [0.1, 0.15) is 64.9 Å². The summed E-state index contributed by atoms with van der Waals surface area (Å²) < 4.78 is 13.3. The molecule has 1 aliphatic rings. The maximum absolute atomic E-state index is 12.8. The predicted molar refractivity (Wildman–Crippen MR) is 159 cm³/mol. The van der Waals surface area contributed by atoms with Crippen LogP contribution in [0.3, 0.4) is 0 Å². The number of benzene rings is 3. The lowest BCUT2D eigenvalue weighted by Gasteiger charge is -2.43. The Hall–Kier alpha value is -3.88. The van der Waals surface area contributed by atoms with Gasteiger partial charge in [0, 0.05) is 42.1 Å². The second-order valence-corrected chi connectivity index (χ2v) is 10.7. The van der Waals surface area contributed by atoms with Crippen molar-refractivity contribution < 1.29 is 19.4 Å². The van der Waals surface area contributed by atoms with E-state index in [4.69, 9.17) is 9.47 Å². The fourth-order valence-corrected chi connectivity index (χ4v) is 5.22. The van der Waals surface area contributed by atoms with Gasteiger partial charge in [-0.3, -0.25) is 14.7 Å². The average Bonchev–Trinajstić information content (AvgIpc) is 3.02.